The van der Waals surface area contributed by atoms with Crippen LogP contribution in [0.5, 0.6) is 0 Å². The number of hydrogen-bond acceptors (Lipinski definition) is 5. The number of oxime groups is 1. The largest absolute Gasteiger partial charge is 0.365 e. The highest BCUT2D eigenvalue weighted by Crippen LogP contribution is 2.04. The molecule has 0 unspecified atom stereocenters. The molecule has 0 amide bonds. The van der Waals surface area contributed by atoms with Gasteiger partial charge in [-0.3, -0.25) is 4.79 Å². The van der Waals surface area contributed by atoms with E-state index in [0.717, 1.165) is 0 Å². The summed E-state index contributed by atoms with van der Waals surface area (Å²) in [5.74, 6) is -0.697. The quantitative estimate of drug-likeness (QED) is 0.372. The van der Waals surface area contributed by atoms with Crippen molar-refractivity contribution in [1.82, 2.24) is 0 Å². The zero-order valence-corrected chi connectivity index (χ0v) is 13.9. The molecule has 0 aliphatic carbocycles. The molecule has 0 saturated heterocycles. The van der Waals surface area contributed by atoms with Crippen LogP contribution in [0.2, 0.25) is 0 Å². The molecule has 0 heterocycles. The Hall–Kier alpha value is -3.08. The van der Waals surface area contributed by atoms with Gasteiger partial charge >= 0.3 is 5.97 Å². The molecule has 0 radical (unpaired) electrons. The number of carbonyl (C=O) groups is 3. The van der Waals surface area contributed by atoms with Crippen LogP contribution >= 0.6 is 0 Å². The highest BCUT2D eigenvalue weighted by atomic mass is 16.7. The zero-order valence-electron chi connectivity index (χ0n) is 13.9. The molecular weight excluding hydrogens is 306 g/mol. The molecule has 2 rings (SSSR count). The summed E-state index contributed by atoms with van der Waals surface area (Å²) < 4.78 is 0. The van der Waals surface area contributed by atoms with Crippen LogP contribution in [0.25, 0.3) is 0 Å². The molecule has 0 fully saturated rings. The molecule has 0 bridgehead atoms. The lowest BCUT2D eigenvalue weighted by Gasteiger charge is -2.01. The van der Waals surface area contributed by atoms with Gasteiger partial charge in [-0.25, -0.2) is 4.79 Å². The Balaban J connectivity index is 0.000000648. The fraction of sp³-hybridized carbons (Fsp3) is 0.158. The van der Waals surface area contributed by atoms with E-state index in [1.54, 1.807) is 54.6 Å². The van der Waals surface area contributed by atoms with Gasteiger partial charge in [-0.1, -0.05) is 53.7 Å². The molecule has 2 aromatic carbocycles. The van der Waals surface area contributed by atoms with Gasteiger partial charge in [-0.15, -0.1) is 0 Å². The number of hydrogen-bond donors (Lipinski definition) is 0. The van der Waals surface area contributed by atoms with E-state index in [1.165, 1.54) is 20.8 Å². The fourth-order valence-corrected chi connectivity index (χ4v) is 1.58. The Morgan fingerprint density at radius 3 is 1.62 bits per heavy atom. The van der Waals surface area contributed by atoms with Crippen molar-refractivity contribution in [2.24, 2.45) is 5.16 Å². The predicted molar refractivity (Wildman–Crippen MR) is 92.1 cm³/mol. The van der Waals surface area contributed by atoms with Gasteiger partial charge in [0, 0.05) is 5.56 Å². The van der Waals surface area contributed by atoms with Crippen molar-refractivity contribution < 1.29 is 19.2 Å². The molecule has 0 spiro atoms. The van der Waals surface area contributed by atoms with Crippen LogP contribution in [0.15, 0.2) is 65.8 Å². The molecule has 0 atom stereocenters. The standard InChI is InChI=1S/C16H13NO3.C3H6O/c1-12(15(18)13-8-4-2-5-9-13)17-20-16(19)14-10-6-3-7-11-14;1-3(2)4/h2-11H,1H3;1-2H3. The minimum Gasteiger partial charge on any atom is -0.312 e. The Morgan fingerprint density at radius 1 is 0.750 bits per heavy atom. The maximum absolute atomic E-state index is 12.0. The molecule has 5 heteroatoms. The van der Waals surface area contributed by atoms with Crippen LogP contribution in [-0.4, -0.2) is 23.2 Å². The second-order valence-electron chi connectivity index (χ2n) is 5.02. The smallest absolute Gasteiger partial charge is 0.312 e. The first-order chi connectivity index (χ1) is 11.4. The third-order valence-electron chi connectivity index (χ3n) is 2.64. The van der Waals surface area contributed by atoms with E-state index in [1.807, 2.05) is 6.07 Å². The zero-order chi connectivity index (χ0) is 17.9. The lowest BCUT2D eigenvalue weighted by molar-refractivity contribution is -0.115. The van der Waals surface area contributed by atoms with Crippen molar-refractivity contribution in [1.29, 1.82) is 0 Å². The normalized spacial score (nSPS) is 10.2. The van der Waals surface area contributed by atoms with E-state index in [0.29, 0.717) is 11.1 Å². The molecular formula is C19H19NO4. The molecule has 0 N–H and O–H groups in total. The molecule has 24 heavy (non-hydrogen) atoms. The lowest BCUT2D eigenvalue weighted by atomic mass is 10.1. The van der Waals surface area contributed by atoms with Crippen LogP contribution in [0.1, 0.15) is 41.5 Å². The monoisotopic (exact) mass is 325 g/mol. The van der Waals surface area contributed by atoms with E-state index >= 15 is 0 Å². The van der Waals surface area contributed by atoms with Crippen molar-refractivity contribution in [2.45, 2.75) is 20.8 Å². The summed E-state index contributed by atoms with van der Waals surface area (Å²) >= 11 is 0. The first-order valence-electron chi connectivity index (χ1n) is 7.29. The van der Waals surface area contributed by atoms with Crippen LogP contribution in [-0.2, 0) is 9.63 Å². The predicted octanol–water partition coefficient (Wildman–Crippen LogP) is 3.70. The summed E-state index contributed by atoms with van der Waals surface area (Å²) in [5, 5.41) is 3.59. The summed E-state index contributed by atoms with van der Waals surface area (Å²) in [4.78, 5) is 37.8. The van der Waals surface area contributed by atoms with E-state index in [4.69, 9.17) is 4.84 Å². The fourth-order valence-electron chi connectivity index (χ4n) is 1.58. The Morgan fingerprint density at radius 2 is 1.17 bits per heavy atom. The van der Waals surface area contributed by atoms with E-state index < -0.39 is 5.97 Å². The average molecular weight is 325 g/mol. The van der Waals surface area contributed by atoms with Crippen molar-refractivity contribution in [3.8, 4) is 0 Å². The highest BCUT2D eigenvalue weighted by Gasteiger charge is 2.11. The summed E-state index contributed by atoms with van der Waals surface area (Å²) in [5.41, 5.74) is 1.02. The number of rotatable bonds is 4. The second kappa shape index (κ2) is 9.84. The molecule has 0 aliphatic rings. The number of ketones is 2. The van der Waals surface area contributed by atoms with Crippen molar-refractivity contribution >= 4 is 23.2 Å². The lowest BCUT2D eigenvalue weighted by Crippen LogP contribution is -2.12. The van der Waals surface area contributed by atoms with E-state index in [9.17, 15) is 14.4 Å². The van der Waals surface area contributed by atoms with Gasteiger partial charge in [-0.2, -0.15) is 0 Å². The first kappa shape index (κ1) is 19.0. The van der Waals surface area contributed by atoms with Gasteiger partial charge in [0.1, 0.15) is 11.5 Å². The maximum atomic E-state index is 12.0. The summed E-state index contributed by atoms with van der Waals surface area (Å²) in [6.45, 7) is 4.56. The molecule has 0 aromatic heterocycles. The van der Waals surface area contributed by atoms with Crippen molar-refractivity contribution in [3.05, 3.63) is 71.8 Å². The Kier molecular flexibility index (Phi) is 7.78. The second-order valence-corrected chi connectivity index (χ2v) is 5.02. The summed E-state index contributed by atoms with van der Waals surface area (Å²) in [7, 11) is 0. The van der Waals surface area contributed by atoms with Gasteiger partial charge in [0.25, 0.3) is 0 Å². The number of Topliss-reactive ketones (excluding diaryl/α,β-unsaturated/α-hetero) is 2. The van der Waals surface area contributed by atoms with Crippen LogP contribution < -0.4 is 0 Å². The Bertz CT molecular complexity index is 718. The minimum atomic E-state index is -0.592. The van der Waals surface area contributed by atoms with Gasteiger partial charge in [0.2, 0.25) is 5.78 Å². The van der Waals surface area contributed by atoms with Gasteiger partial charge in [-0.05, 0) is 32.9 Å². The number of nitrogens with zero attached hydrogens (tertiary/aromatic N) is 1. The SMILES string of the molecule is CC(=NOC(=O)c1ccccc1)C(=O)c1ccccc1.CC(C)=O. The Labute approximate surface area is 140 Å². The van der Waals surface area contributed by atoms with Crippen LogP contribution in [0.4, 0.5) is 0 Å². The van der Waals surface area contributed by atoms with E-state index in [2.05, 4.69) is 5.16 Å². The summed E-state index contributed by atoms with van der Waals surface area (Å²) in [6, 6.07) is 17.2. The molecule has 5 nitrogen and oxygen atoms in total. The van der Waals surface area contributed by atoms with Crippen LogP contribution in [0, 0.1) is 0 Å². The number of benzene rings is 2. The molecule has 0 aliphatic heterocycles. The third-order valence-corrected chi connectivity index (χ3v) is 2.64. The third kappa shape index (κ3) is 6.79. The van der Waals surface area contributed by atoms with Gasteiger partial charge in [0.15, 0.2) is 0 Å². The minimum absolute atomic E-state index is 0.125. The highest BCUT2D eigenvalue weighted by molar-refractivity contribution is 6.45. The summed E-state index contributed by atoms with van der Waals surface area (Å²) in [6.07, 6.45) is 0. The topological polar surface area (TPSA) is 72.8 Å². The first-order valence-corrected chi connectivity index (χ1v) is 7.29. The van der Waals surface area contributed by atoms with Crippen molar-refractivity contribution in [2.75, 3.05) is 0 Å². The molecule has 124 valence electrons. The van der Waals surface area contributed by atoms with Crippen molar-refractivity contribution in [3.63, 3.8) is 0 Å². The van der Waals surface area contributed by atoms with Crippen LogP contribution in [0.3, 0.4) is 0 Å². The van der Waals surface area contributed by atoms with Gasteiger partial charge in [0.05, 0.1) is 5.56 Å². The van der Waals surface area contributed by atoms with Gasteiger partial charge < -0.3 is 9.63 Å². The number of carbonyl (C=O) groups excluding carboxylic acids is 3. The molecule has 0 saturated carbocycles. The average Bonchev–Trinajstić information content (AvgIpc) is 2.59. The maximum Gasteiger partial charge on any atom is 0.365 e. The van der Waals surface area contributed by atoms with E-state index in [-0.39, 0.29) is 17.3 Å². The molecule has 2 aromatic rings.